The van der Waals surface area contributed by atoms with Crippen LogP contribution in [0.3, 0.4) is 0 Å². The normalized spacial score (nSPS) is 25.5. The Kier molecular flexibility index (Phi) is 17.5. The molecule has 0 N–H and O–H groups in total. The minimum atomic E-state index is -1.14. The average Bonchev–Trinajstić information content (AvgIpc) is 3.76. The van der Waals surface area contributed by atoms with Gasteiger partial charge >= 0.3 is 0 Å². The second kappa shape index (κ2) is 25.5. The number of allylic oxidation sites excluding steroid dienone is 1. The van der Waals surface area contributed by atoms with Crippen LogP contribution in [0.5, 0.6) is 0 Å². The number of Topliss-reactive ketones (excluding diaryl/α,β-unsaturated/α-hetero) is 1. The zero-order valence-corrected chi connectivity index (χ0v) is 41.0. The maximum absolute atomic E-state index is 16.3. The van der Waals surface area contributed by atoms with Crippen molar-refractivity contribution < 1.29 is 42.7 Å². The average molecular weight is 977 g/mol. The van der Waals surface area contributed by atoms with Crippen LogP contribution >= 0.6 is 0 Å². The van der Waals surface area contributed by atoms with Crippen molar-refractivity contribution >= 4 is 5.78 Å². The lowest BCUT2D eigenvalue weighted by Crippen LogP contribution is -2.63. The van der Waals surface area contributed by atoms with Crippen LogP contribution in [-0.4, -0.2) is 54.8 Å². The van der Waals surface area contributed by atoms with Crippen LogP contribution in [-0.2, 0) is 88.9 Å². The van der Waals surface area contributed by atoms with Gasteiger partial charge in [-0.2, -0.15) is 0 Å². The quantitative estimate of drug-likeness (QED) is 0.0581. The molecule has 11 atom stereocenters. The monoisotopic (exact) mass is 976 g/mol. The molecule has 0 radical (unpaired) electrons. The molecule has 2 fully saturated rings. The predicted octanol–water partition coefficient (Wildman–Crippen LogP) is 11.8. The molecule has 7 aromatic carbocycles. The summed E-state index contributed by atoms with van der Waals surface area (Å²) < 4.78 is 56.1. The highest BCUT2D eigenvalue weighted by atomic mass is 16.7. The third kappa shape index (κ3) is 13.1. The van der Waals surface area contributed by atoms with Crippen molar-refractivity contribution in [1.82, 2.24) is 0 Å². The molecule has 0 bridgehead atoms. The van der Waals surface area contributed by atoms with E-state index in [1.165, 1.54) is 0 Å². The standard InChI is InChI=1S/C64H64O9/c65-56(53-37-22-38-54-55(53)58(67-40-47-25-10-2-11-26-47)60(68-41-48-27-12-3-13-28-48)57(54)66-39-46-23-8-1-9-24-46)59-61(69-42-49-29-14-4-15-30-49)62(70-43-50-31-16-5-17-32-50)63(71-44-51-33-18-6-19-34-51)64(73-59)72-45-52-35-20-7-21-36-52/h1-36,38,53-55,57-64H,37,39-45H2/t53-,54+,55+,57+,58-,59+,60-,61+,62-,63-,64-/m0/s1. The summed E-state index contributed by atoms with van der Waals surface area (Å²) in [6.45, 7) is 1.94. The van der Waals surface area contributed by atoms with Gasteiger partial charge in [-0.15, -0.1) is 0 Å². The Balaban J connectivity index is 1.04. The number of benzene rings is 7. The van der Waals surface area contributed by atoms with Crippen LogP contribution < -0.4 is 0 Å². The summed E-state index contributed by atoms with van der Waals surface area (Å²) in [5, 5.41) is 0. The Bertz CT molecular complexity index is 2730. The Morgan fingerprint density at radius 2 is 0.658 bits per heavy atom. The molecule has 0 spiro atoms. The summed E-state index contributed by atoms with van der Waals surface area (Å²) in [6, 6.07) is 70.5. The lowest BCUT2D eigenvalue weighted by molar-refractivity contribution is -0.320. The summed E-state index contributed by atoms with van der Waals surface area (Å²) in [4.78, 5) is 16.3. The molecule has 374 valence electrons. The topological polar surface area (TPSA) is 90.9 Å². The Labute approximate surface area is 429 Å². The van der Waals surface area contributed by atoms with E-state index >= 15 is 4.79 Å². The maximum atomic E-state index is 16.3. The summed E-state index contributed by atoms with van der Waals surface area (Å²) in [5.41, 5.74) is 6.94. The number of rotatable bonds is 23. The van der Waals surface area contributed by atoms with Gasteiger partial charge in [-0.1, -0.05) is 224 Å². The third-order valence-corrected chi connectivity index (χ3v) is 14.2. The number of carbonyl (C=O) groups is 1. The molecule has 1 heterocycles. The van der Waals surface area contributed by atoms with Gasteiger partial charge in [0.05, 0.1) is 58.5 Å². The van der Waals surface area contributed by atoms with Crippen molar-refractivity contribution in [2.75, 3.05) is 0 Å². The Morgan fingerprint density at radius 1 is 0.356 bits per heavy atom. The summed E-state index contributed by atoms with van der Waals surface area (Å²) in [5.74, 6) is -1.32. The van der Waals surface area contributed by atoms with Crippen LogP contribution in [0.4, 0.5) is 0 Å². The van der Waals surface area contributed by atoms with Gasteiger partial charge in [-0.25, -0.2) is 0 Å². The molecular formula is C64H64O9. The van der Waals surface area contributed by atoms with Crippen LogP contribution in [0.1, 0.15) is 45.4 Å². The van der Waals surface area contributed by atoms with Gasteiger partial charge in [0.1, 0.15) is 30.5 Å². The molecule has 9 heteroatoms. The van der Waals surface area contributed by atoms with Crippen LogP contribution in [0.25, 0.3) is 0 Å². The van der Waals surface area contributed by atoms with E-state index in [2.05, 4.69) is 48.6 Å². The Hall–Kier alpha value is -6.37. The molecule has 0 amide bonds. The van der Waals surface area contributed by atoms with E-state index in [0.717, 1.165) is 38.9 Å². The maximum Gasteiger partial charge on any atom is 0.187 e. The van der Waals surface area contributed by atoms with Crippen LogP contribution in [0, 0.1) is 17.8 Å². The van der Waals surface area contributed by atoms with E-state index in [9.17, 15) is 0 Å². The van der Waals surface area contributed by atoms with Crippen molar-refractivity contribution in [2.45, 2.75) is 102 Å². The minimum Gasteiger partial charge on any atom is -0.370 e. The van der Waals surface area contributed by atoms with Gasteiger partial charge in [-0.3, -0.25) is 4.79 Å². The molecule has 1 saturated carbocycles. The minimum absolute atomic E-state index is 0.126. The number of ether oxygens (including phenoxy) is 8. The van der Waals surface area contributed by atoms with E-state index in [4.69, 9.17) is 37.9 Å². The summed E-state index contributed by atoms with van der Waals surface area (Å²) in [6.07, 6.45) is -1.44. The largest absolute Gasteiger partial charge is 0.370 e. The molecule has 1 aliphatic heterocycles. The lowest BCUT2D eigenvalue weighted by atomic mass is 9.72. The SMILES string of the molecule is O=C([C@H]1CC=C[C@H]2[C@@H](OCc3ccccc3)[C@H](OCc3ccccc3)[C@@H](OCc3ccccc3)[C@@H]21)[C@H]1O[C@H](OCc2ccccc2)[C@@H](OCc2ccccc2)[C@@H](OCc2ccccc2)[C@@H]1OCc1ccccc1. The molecule has 0 aromatic heterocycles. The smallest absolute Gasteiger partial charge is 0.187 e. The molecule has 0 unspecified atom stereocenters. The van der Waals surface area contributed by atoms with Gasteiger partial charge in [0.15, 0.2) is 12.1 Å². The number of carbonyl (C=O) groups excluding carboxylic acids is 1. The van der Waals surface area contributed by atoms with E-state index in [1.54, 1.807) is 0 Å². The fraction of sp³-hybridized carbons (Fsp3) is 0.297. The van der Waals surface area contributed by atoms with Crippen molar-refractivity contribution in [3.63, 3.8) is 0 Å². The van der Waals surface area contributed by atoms with E-state index < -0.39 is 54.9 Å². The van der Waals surface area contributed by atoms with E-state index in [0.29, 0.717) is 26.2 Å². The van der Waals surface area contributed by atoms with E-state index in [-0.39, 0.29) is 44.0 Å². The lowest BCUT2D eigenvalue weighted by Gasteiger charge is -2.47. The predicted molar refractivity (Wildman–Crippen MR) is 279 cm³/mol. The first-order valence-corrected chi connectivity index (χ1v) is 25.6. The van der Waals surface area contributed by atoms with Gasteiger partial charge in [0.25, 0.3) is 0 Å². The molecule has 73 heavy (non-hydrogen) atoms. The molecular weight excluding hydrogens is 913 g/mol. The first-order valence-electron chi connectivity index (χ1n) is 25.6. The van der Waals surface area contributed by atoms with Gasteiger partial charge in [-0.05, 0) is 45.4 Å². The van der Waals surface area contributed by atoms with Crippen molar-refractivity contribution in [3.05, 3.63) is 263 Å². The number of hydrogen-bond donors (Lipinski definition) is 0. The molecule has 3 aliphatic rings. The van der Waals surface area contributed by atoms with Crippen LogP contribution in [0.2, 0.25) is 0 Å². The summed E-state index contributed by atoms with van der Waals surface area (Å²) >= 11 is 0. The number of hydrogen-bond acceptors (Lipinski definition) is 9. The first-order chi connectivity index (χ1) is 36.1. The van der Waals surface area contributed by atoms with Gasteiger partial charge in [0, 0.05) is 17.8 Å². The zero-order chi connectivity index (χ0) is 49.4. The highest BCUT2D eigenvalue weighted by molar-refractivity contribution is 5.87. The Morgan fingerprint density at radius 3 is 1.04 bits per heavy atom. The van der Waals surface area contributed by atoms with Crippen LogP contribution in [0.15, 0.2) is 224 Å². The second-order valence-corrected chi connectivity index (χ2v) is 19.1. The molecule has 2 aliphatic carbocycles. The third-order valence-electron chi connectivity index (χ3n) is 14.2. The highest BCUT2D eigenvalue weighted by Crippen LogP contribution is 2.49. The fourth-order valence-corrected chi connectivity index (χ4v) is 10.5. The zero-order valence-electron chi connectivity index (χ0n) is 41.0. The van der Waals surface area contributed by atoms with Crippen molar-refractivity contribution in [1.29, 1.82) is 0 Å². The number of fused-ring (bicyclic) bond motifs is 1. The molecule has 1 saturated heterocycles. The fourth-order valence-electron chi connectivity index (χ4n) is 10.5. The summed E-state index contributed by atoms with van der Waals surface area (Å²) in [7, 11) is 0. The molecule has 10 rings (SSSR count). The highest BCUT2D eigenvalue weighted by Gasteiger charge is 2.60. The van der Waals surface area contributed by atoms with Gasteiger partial charge < -0.3 is 37.9 Å². The van der Waals surface area contributed by atoms with Crippen molar-refractivity contribution in [2.24, 2.45) is 17.8 Å². The second-order valence-electron chi connectivity index (χ2n) is 19.1. The first kappa shape index (κ1) is 50.2. The van der Waals surface area contributed by atoms with Gasteiger partial charge in [0.2, 0.25) is 0 Å². The van der Waals surface area contributed by atoms with E-state index in [1.807, 2.05) is 176 Å². The van der Waals surface area contributed by atoms with Crippen molar-refractivity contribution in [3.8, 4) is 0 Å². The number of ketones is 1. The molecule has 9 nitrogen and oxygen atoms in total. The molecule has 7 aromatic rings.